The van der Waals surface area contributed by atoms with Gasteiger partial charge in [-0.05, 0) is 29.7 Å². The van der Waals surface area contributed by atoms with Gasteiger partial charge >= 0.3 is 5.97 Å². The molecule has 210 valence electrons. The second-order valence-corrected chi connectivity index (χ2v) is 11.9. The van der Waals surface area contributed by atoms with Gasteiger partial charge in [0, 0.05) is 30.2 Å². The molecule has 0 radical (unpaired) electrons. The van der Waals surface area contributed by atoms with Crippen LogP contribution in [0.25, 0.3) is 0 Å². The number of oxime groups is 1. The maximum atomic E-state index is 13.1. The van der Waals surface area contributed by atoms with Crippen molar-refractivity contribution in [2.75, 3.05) is 29.7 Å². The number of hydrogen-bond acceptors (Lipinski definition) is 12. The molecular formula is C25H25N5O7S3. The molecule has 0 spiro atoms. The largest absolute Gasteiger partial charge is 0.477 e. The number of carbonyl (C=O) groups is 5. The molecular weight excluding hydrogens is 579 g/mol. The van der Waals surface area contributed by atoms with Gasteiger partial charge in [0.2, 0.25) is 11.8 Å². The molecule has 1 fully saturated rings. The Morgan fingerprint density at radius 2 is 2.10 bits per heavy atom. The summed E-state index contributed by atoms with van der Waals surface area (Å²) in [5.41, 5.74) is 7.57. The number of thiazole rings is 1. The van der Waals surface area contributed by atoms with Crippen LogP contribution in [-0.2, 0) is 35.2 Å². The molecule has 2 atom stereocenters. The number of Topliss-reactive ketones (excluding diaryl/α,β-unsaturated/α-hetero) is 1. The second kappa shape index (κ2) is 12.7. The number of nitrogen functional groups attached to an aromatic ring is 1. The Kier molecular flexibility index (Phi) is 9.27. The summed E-state index contributed by atoms with van der Waals surface area (Å²) in [7, 11) is 1.29. The number of nitrogens with one attached hydrogen (secondary N) is 1. The number of thioether (sulfide) groups is 2. The van der Waals surface area contributed by atoms with E-state index in [0.717, 1.165) is 28.7 Å². The first-order valence-electron chi connectivity index (χ1n) is 11.9. The van der Waals surface area contributed by atoms with E-state index in [9.17, 15) is 29.1 Å². The highest BCUT2D eigenvalue weighted by atomic mass is 32.2. The van der Waals surface area contributed by atoms with E-state index in [1.54, 1.807) is 29.6 Å². The van der Waals surface area contributed by atoms with E-state index in [1.807, 2.05) is 0 Å². The van der Waals surface area contributed by atoms with Crippen molar-refractivity contribution < 1.29 is 33.9 Å². The summed E-state index contributed by atoms with van der Waals surface area (Å²) >= 11 is 3.43. The van der Waals surface area contributed by atoms with Crippen LogP contribution < -0.4 is 11.1 Å². The molecule has 2 aliphatic heterocycles. The van der Waals surface area contributed by atoms with Crippen molar-refractivity contribution in [3.8, 4) is 0 Å². The average molecular weight is 604 g/mol. The molecule has 2 amide bonds. The summed E-state index contributed by atoms with van der Waals surface area (Å²) < 4.78 is 0. The first kappa shape index (κ1) is 29.3. The Balaban J connectivity index is 1.47. The summed E-state index contributed by atoms with van der Waals surface area (Å²) in [6, 6.07) is 6.94. The maximum Gasteiger partial charge on any atom is 0.352 e. The monoisotopic (exact) mass is 603 g/mol. The van der Waals surface area contributed by atoms with Crippen molar-refractivity contribution in [2.45, 2.75) is 25.1 Å². The van der Waals surface area contributed by atoms with Crippen LogP contribution in [0.4, 0.5) is 10.8 Å². The third kappa shape index (κ3) is 6.54. The molecule has 0 aliphatic carbocycles. The summed E-state index contributed by atoms with van der Waals surface area (Å²) in [4.78, 5) is 71.7. The lowest BCUT2D eigenvalue weighted by atomic mass is 9.88. The lowest BCUT2D eigenvalue weighted by Gasteiger charge is -2.49. The Bertz CT molecular complexity index is 1440. The number of benzene rings is 1. The molecule has 4 N–H and O–H groups in total. The van der Waals surface area contributed by atoms with E-state index in [1.165, 1.54) is 30.7 Å². The molecule has 0 bridgehead atoms. The van der Waals surface area contributed by atoms with Gasteiger partial charge in [-0.15, -0.1) is 23.1 Å². The number of rotatable bonds is 11. The minimum Gasteiger partial charge on any atom is -0.477 e. The van der Waals surface area contributed by atoms with Crippen molar-refractivity contribution in [3.05, 3.63) is 52.2 Å². The van der Waals surface area contributed by atoms with Crippen LogP contribution in [0.5, 0.6) is 0 Å². The number of nitrogens with zero attached hydrogens (tertiary/aromatic N) is 3. The zero-order chi connectivity index (χ0) is 29.0. The minimum absolute atomic E-state index is 0.0106. The second-order valence-electron chi connectivity index (χ2n) is 8.80. The molecule has 2 aliphatic rings. The molecule has 12 nitrogen and oxygen atoms in total. The van der Waals surface area contributed by atoms with Gasteiger partial charge in [-0.25, -0.2) is 9.78 Å². The molecule has 3 heterocycles. The molecule has 1 saturated heterocycles. The first-order chi connectivity index (χ1) is 19.1. The predicted octanol–water partition coefficient (Wildman–Crippen LogP) is 2.37. The van der Waals surface area contributed by atoms with Crippen molar-refractivity contribution in [1.29, 1.82) is 0 Å². The summed E-state index contributed by atoms with van der Waals surface area (Å²) in [6.45, 7) is 1.38. The van der Waals surface area contributed by atoms with E-state index in [-0.39, 0.29) is 51.9 Å². The van der Waals surface area contributed by atoms with Crippen LogP contribution in [0.3, 0.4) is 0 Å². The van der Waals surface area contributed by atoms with Gasteiger partial charge in [0.05, 0.1) is 17.0 Å². The molecule has 0 saturated carbocycles. The Labute approximate surface area is 241 Å². The highest BCUT2D eigenvalue weighted by Crippen LogP contribution is 2.46. The smallest absolute Gasteiger partial charge is 0.352 e. The van der Waals surface area contributed by atoms with Gasteiger partial charge < -0.3 is 21.0 Å². The maximum absolute atomic E-state index is 13.1. The van der Waals surface area contributed by atoms with Gasteiger partial charge in [0.15, 0.2) is 21.7 Å². The number of anilines is 2. The van der Waals surface area contributed by atoms with Gasteiger partial charge in [-0.3, -0.25) is 24.1 Å². The molecule has 1 aromatic carbocycles. The number of hydrogen-bond donors (Lipinski definition) is 3. The summed E-state index contributed by atoms with van der Waals surface area (Å²) in [5, 5.41) is 17.7. The van der Waals surface area contributed by atoms with E-state index in [4.69, 9.17) is 10.6 Å². The zero-order valence-electron chi connectivity index (χ0n) is 21.4. The Morgan fingerprint density at radius 1 is 1.32 bits per heavy atom. The lowest BCUT2D eigenvalue weighted by Crippen LogP contribution is -2.62. The minimum atomic E-state index is -1.23. The van der Waals surface area contributed by atoms with Gasteiger partial charge in [0.1, 0.15) is 18.5 Å². The number of aromatic nitrogens is 1. The number of ketones is 1. The van der Waals surface area contributed by atoms with E-state index >= 15 is 0 Å². The van der Waals surface area contributed by atoms with Crippen LogP contribution >= 0.6 is 34.9 Å². The molecule has 40 heavy (non-hydrogen) atoms. The van der Waals surface area contributed by atoms with Gasteiger partial charge in [-0.2, -0.15) is 0 Å². The van der Waals surface area contributed by atoms with Gasteiger partial charge in [-0.1, -0.05) is 29.1 Å². The fourth-order valence-electron chi connectivity index (χ4n) is 4.35. The number of β-lactam (4-membered cyclic amide) rings is 1. The van der Waals surface area contributed by atoms with Crippen LogP contribution in [0, 0.1) is 5.92 Å². The SMILES string of the molecule is CO/N=C(\C(=O)C[C@@H]1C(=O)N2C(C(=O)O)=C(Cc3cccc(NC(=O)CSC(C)=O)c3)CS[C@H]12)c1csc(N)n1. The van der Waals surface area contributed by atoms with Crippen LogP contribution in [0.1, 0.15) is 24.6 Å². The number of carbonyl (C=O) groups excluding carboxylic acids is 4. The lowest BCUT2D eigenvalue weighted by molar-refractivity contribution is -0.153. The third-order valence-electron chi connectivity index (χ3n) is 6.01. The molecule has 0 unspecified atom stereocenters. The molecule has 15 heteroatoms. The highest BCUT2D eigenvalue weighted by molar-refractivity contribution is 8.14. The Hall–Kier alpha value is -3.69. The quantitative estimate of drug-likeness (QED) is 0.195. The number of amides is 2. The van der Waals surface area contributed by atoms with E-state index in [2.05, 4.69) is 15.5 Å². The van der Waals surface area contributed by atoms with E-state index in [0.29, 0.717) is 17.0 Å². The third-order valence-corrected chi connectivity index (χ3v) is 8.89. The number of carboxylic acids is 1. The first-order valence-corrected chi connectivity index (χ1v) is 14.8. The number of fused-ring (bicyclic) bond motifs is 1. The van der Waals surface area contributed by atoms with Crippen molar-refractivity contribution >= 4 is 80.1 Å². The van der Waals surface area contributed by atoms with Gasteiger partial charge in [0.25, 0.3) is 0 Å². The number of aliphatic carboxylic acids is 1. The fourth-order valence-corrected chi connectivity index (χ4v) is 6.72. The van der Waals surface area contributed by atoms with Crippen LogP contribution in [0.2, 0.25) is 0 Å². The summed E-state index contributed by atoms with van der Waals surface area (Å²) in [6.07, 6.45) is 0.0645. The molecule has 2 aromatic rings. The standard InChI is InChI=1S/C25H25N5O7S3/c1-12(31)38-11-19(33)27-15-5-3-4-13(7-15)6-14-9-39-23-16(22(34)30(23)21(14)24(35)36)8-18(32)20(29-37-2)17-10-40-25(26)28-17/h3-5,7,10,16,23H,6,8-9,11H2,1-2H3,(H2,26,28)(H,27,33)(H,35,36)/b29-20-/t16-,23-/m1/s1. The topological polar surface area (TPSA) is 181 Å². The van der Waals surface area contributed by atoms with Crippen molar-refractivity contribution in [1.82, 2.24) is 9.88 Å². The zero-order valence-corrected chi connectivity index (χ0v) is 23.9. The van der Waals surface area contributed by atoms with Crippen molar-refractivity contribution in [3.63, 3.8) is 0 Å². The predicted molar refractivity (Wildman–Crippen MR) is 153 cm³/mol. The fraction of sp³-hybridized carbons (Fsp3) is 0.320. The molecule has 1 aromatic heterocycles. The van der Waals surface area contributed by atoms with Crippen LogP contribution in [0.15, 0.2) is 46.1 Å². The van der Waals surface area contributed by atoms with Crippen molar-refractivity contribution in [2.24, 2.45) is 11.1 Å². The van der Waals surface area contributed by atoms with E-state index < -0.39 is 29.0 Å². The summed E-state index contributed by atoms with van der Waals surface area (Å²) in [5.74, 6) is -2.88. The number of carboxylic acid groups (broad SMARTS) is 1. The van der Waals surface area contributed by atoms with Crippen LogP contribution in [-0.4, -0.2) is 73.4 Å². The number of nitrogens with two attached hydrogens (primary N) is 1. The normalized spacial score (nSPS) is 18.6. The molecule has 4 rings (SSSR count). The average Bonchev–Trinajstić information content (AvgIpc) is 3.34. The highest BCUT2D eigenvalue weighted by Gasteiger charge is 2.54. The Morgan fingerprint density at radius 3 is 2.75 bits per heavy atom.